The molecule has 0 aliphatic carbocycles. The summed E-state index contributed by atoms with van der Waals surface area (Å²) in [5.74, 6) is 1.52. The maximum atomic E-state index is 12.3. The van der Waals surface area contributed by atoms with Crippen LogP contribution in [-0.4, -0.2) is 50.4 Å². The zero-order valence-corrected chi connectivity index (χ0v) is 20.9. The molecule has 1 aliphatic heterocycles. The molecular weight excluding hydrogens is 480 g/mol. The Morgan fingerprint density at radius 2 is 1.89 bits per heavy atom. The zero-order chi connectivity index (χ0) is 25.6. The molecule has 11 heteroatoms. The number of rotatable bonds is 5. The second-order valence-electron chi connectivity index (χ2n) is 8.49. The van der Waals surface area contributed by atoms with Gasteiger partial charge in [0.1, 0.15) is 12.0 Å². The van der Waals surface area contributed by atoms with Crippen LogP contribution >= 0.6 is 0 Å². The van der Waals surface area contributed by atoms with Gasteiger partial charge in [0.15, 0.2) is 21.3 Å². The Bertz CT molecular complexity index is 1580. The summed E-state index contributed by atoms with van der Waals surface area (Å²) in [5, 5.41) is 0.584. The van der Waals surface area contributed by atoms with Crippen molar-refractivity contribution in [2.75, 3.05) is 37.7 Å². The normalized spacial score (nSPS) is 15.6. The number of pyridine rings is 1. The fraction of sp³-hybridized carbons (Fsp3) is 0.240. The molecule has 1 unspecified atom stereocenters. The highest BCUT2D eigenvalue weighted by Crippen LogP contribution is 2.45. The molecule has 0 saturated heterocycles. The lowest BCUT2D eigenvalue weighted by Crippen LogP contribution is -2.41. The Morgan fingerprint density at radius 1 is 1.08 bits per heavy atom. The van der Waals surface area contributed by atoms with E-state index in [0.29, 0.717) is 63.0 Å². The standard InChI is InChI=1S/C25H26N6O4S/c1-34-18-13-17-21(20(22(18)35-2)16-8-4-5-11-28-16)23(26)30-25(29-17)31-12-10-14-15(24(31)27)7-6-9-19(14)36(3,32)33/h4-9,11,13,24H,10,12,27H2,1-3H3,(H2,26,29,30). The van der Waals surface area contributed by atoms with Crippen LogP contribution in [0.15, 0.2) is 53.6 Å². The van der Waals surface area contributed by atoms with Gasteiger partial charge in [-0.2, -0.15) is 4.98 Å². The number of sulfone groups is 1. The van der Waals surface area contributed by atoms with Crippen LogP contribution in [0.25, 0.3) is 22.2 Å². The van der Waals surface area contributed by atoms with Crippen LogP contribution in [0.5, 0.6) is 11.5 Å². The molecule has 0 saturated carbocycles. The van der Waals surface area contributed by atoms with Gasteiger partial charge in [-0.25, -0.2) is 13.4 Å². The lowest BCUT2D eigenvalue weighted by Gasteiger charge is -2.35. The summed E-state index contributed by atoms with van der Waals surface area (Å²) in [6.07, 6.45) is 2.70. The molecule has 3 heterocycles. The molecule has 10 nitrogen and oxygen atoms in total. The number of hydrogen-bond donors (Lipinski definition) is 2. The SMILES string of the molecule is COc1cc2nc(N3CCc4c(cccc4S(C)(=O)=O)C3N)nc(N)c2c(-c2ccccn2)c1OC. The van der Waals surface area contributed by atoms with Crippen LogP contribution in [0.4, 0.5) is 11.8 Å². The van der Waals surface area contributed by atoms with Crippen LogP contribution in [0.2, 0.25) is 0 Å². The first-order valence-corrected chi connectivity index (χ1v) is 13.1. The van der Waals surface area contributed by atoms with Crippen molar-refractivity contribution < 1.29 is 17.9 Å². The average molecular weight is 507 g/mol. The number of aromatic nitrogens is 3. The molecule has 0 spiro atoms. The van der Waals surface area contributed by atoms with Gasteiger partial charge in [0, 0.05) is 25.1 Å². The van der Waals surface area contributed by atoms with Crippen LogP contribution in [0, 0.1) is 0 Å². The molecule has 0 amide bonds. The highest BCUT2D eigenvalue weighted by molar-refractivity contribution is 7.90. The molecule has 2 aromatic carbocycles. The van der Waals surface area contributed by atoms with Gasteiger partial charge in [-0.05, 0) is 35.7 Å². The Hall–Kier alpha value is -3.96. The van der Waals surface area contributed by atoms with E-state index in [1.165, 1.54) is 6.26 Å². The zero-order valence-electron chi connectivity index (χ0n) is 20.1. The van der Waals surface area contributed by atoms with E-state index in [-0.39, 0.29) is 5.82 Å². The van der Waals surface area contributed by atoms with Gasteiger partial charge in [0.05, 0.1) is 41.3 Å². The number of anilines is 2. The average Bonchev–Trinajstić information content (AvgIpc) is 2.87. The van der Waals surface area contributed by atoms with E-state index in [1.54, 1.807) is 38.6 Å². The van der Waals surface area contributed by atoms with Crippen molar-refractivity contribution in [2.45, 2.75) is 17.5 Å². The van der Waals surface area contributed by atoms with Crippen molar-refractivity contribution in [1.82, 2.24) is 15.0 Å². The summed E-state index contributed by atoms with van der Waals surface area (Å²) in [7, 11) is -0.286. The number of methoxy groups -OCH3 is 2. The van der Waals surface area contributed by atoms with Crippen LogP contribution in [0.1, 0.15) is 17.3 Å². The Labute approximate surface area is 208 Å². The fourth-order valence-corrected chi connectivity index (χ4v) is 5.74. The summed E-state index contributed by atoms with van der Waals surface area (Å²) in [5.41, 5.74) is 16.4. The van der Waals surface area contributed by atoms with Crippen molar-refractivity contribution in [3.63, 3.8) is 0 Å². The minimum Gasteiger partial charge on any atom is -0.493 e. The molecule has 36 heavy (non-hydrogen) atoms. The van der Waals surface area contributed by atoms with Gasteiger partial charge in [-0.15, -0.1) is 0 Å². The number of fused-ring (bicyclic) bond motifs is 2. The van der Waals surface area contributed by atoms with Crippen molar-refractivity contribution in [2.24, 2.45) is 5.73 Å². The minimum absolute atomic E-state index is 0.236. The van der Waals surface area contributed by atoms with Gasteiger partial charge < -0.3 is 25.8 Å². The van der Waals surface area contributed by atoms with Gasteiger partial charge in [-0.1, -0.05) is 18.2 Å². The number of nitrogen functional groups attached to an aromatic ring is 1. The summed E-state index contributed by atoms with van der Waals surface area (Å²) < 4.78 is 35.9. The van der Waals surface area contributed by atoms with Crippen LogP contribution in [0.3, 0.4) is 0 Å². The van der Waals surface area contributed by atoms with E-state index in [0.717, 1.165) is 5.56 Å². The van der Waals surface area contributed by atoms with E-state index in [2.05, 4.69) is 9.97 Å². The van der Waals surface area contributed by atoms with E-state index < -0.39 is 16.0 Å². The Morgan fingerprint density at radius 3 is 2.56 bits per heavy atom. The summed E-state index contributed by atoms with van der Waals surface area (Å²) in [6.45, 7) is 0.423. The fourth-order valence-electron chi connectivity index (χ4n) is 4.75. The van der Waals surface area contributed by atoms with Crippen molar-refractivity contribution in [1.29, 1.82) is 0 Å². The maximum Gasteiger partial charge on any atom is 0.229 e. The molecule has 0 bridgehead atoms. The highest BCUT2D eigenvalue weighted by atomic mass is 32.2. The van der Waals surface area contributed by atoms with Crippen molar-refractivity contribution >= 4 is 32.5 Å². The first-order chi connectivity index (χ1) is 17.2. The lowest BCUT2D eigenvalue weighted by atomic mass is 9.97. The van der Waals surface area contributed by atoms with Gasteiger partial charge in [0.25, 0.3) is 0 Å². The minimum atomic E-state index is -3.39. The monoisotopic (exact) mass is 506 g/mol. The molecule has 5 rings (SSSR count). The summed E-state index contributed by atoms with van der Waals surface area (Å²) in [6, 6.07) is 12.4. The third-order valence-corrected chi connectivity index (χ3v) is 7.53. The first-order valence-electron chi connectivity index (χ1n) is 11.2. The van der Waals surface area contributed by atoms with E-state index in [9.17, 15) is 8.42 Å². The molecule has 4 N–H and O–H groups in total. The first kappa shape index (κ1) is 23.8. The number of nitrogens with zero attached hydrogens (tertiary/aromatic N) is 4. The van der Waals surface area contributed by atoms with E-state index >= 15 is 0 Å². The largest absolute Gasteiger partial charge is 0.493 e. The maximum absolute atomic E-state index is 12.3. The Balaban J connectivity index is 1.68. The quantitative estimate of drug-likeness (QED) is 0.414. The predicted octanol–water partition coefficient (Wildman–Crippen LogP) is 2.71. The lowest BCUT2D eigenvalue weighted by molar-refractivity contribution is 0.357. The van der Waals surface area contributed by atoms with E-state index in [1.807, 2.05) is 29.2 Å². The molecule has 1 atom stereocenters. The van der Waals surface area contributed by atoms with Gasteiger partial charge in [0.2, 0.25) is 5.95 Å². The number of nitrogens with two attached hydrogens (primary N) is 2. The smallest absolute Gasteiger partial charge is 0.229 e. The third kappa shape index (κ3) is 3.86. The molecule has 1 aliphatic rings. The van der Waals surface area contributed by atoms with Gasteiger partial charge >= 0.3 is 0 Å². The number of ether oxygens (including phenoxy) is 2. The second-order valence-corrected chi connectivity index (χ2v) is 10.5. The predicted molar refractivity (Wildman–Crippen MR) is 138 cm³/mol. The van der Waals surface area contributed by atoms with Crippen molar-refractivity contribution in [3.05, 3.63) is 59.8 Å². The number of benzene rings is 2. The Kier molecular flexibility index (Phi) is 5.89. The van der Waals surface area contributed by atoms with E-state index in [4.69, 9.17) is 25.9 Å². The topological polar surface area (TPSA) is 147 Å². The molecule has 0 radical (unpaired) electrons. The summed E-state index contributed by atoms with van der Waals surface area (Å²) in [4.78, 5) is 16.0. The molecule has 186 valence electrons. The molecule has 0 fully saturated rings. The second kappa shape index (κ2) is 8.92. The number of hydrogen-bond acceptors (Lipinski definition) is 10. The molecule has 2 aromatic heterocycles. The van der Waals surface area contributed by atoms with Crippen LogP contribution < -0.4 is 25.8 Å². The third-order valence-electron chi connectivity index (χ3n) is 6.35. The molecule has 4 aromatic rings. The molecular formula is C25H26N6O4S. The summed E-state index contributed by atoms with van der Waals surface area (Å²) >= 11 is 0. The van der Waals surface area contributed by atoms with Crippen LogP contribution in [-0.2, 0) is 16.3 Å². The van der Waals surface area contributed by atoms with Crippen molar-refractivity contribution in [3.8, 4) is 22.8 Å². The van der Waals surface area contributed by atoms with Gasteiger partial charge in [-0.3, -0.25) is 4.98 Å². The highest BCUT2D eigenvalue weighted by Gasteiger charge is 2.31.